The number of rotatable bonds is 5. The maximum absolute atomic E-state index is 12.6. The highest BCUT2D eigenvalue weighted by atomic mass is 16.5. The summed E-state index contributed by atoms with van der Waals surface area (Å²) in [7, 11) is 4.90. The van der Waals surface area contributed by atoms with Gasteiger partial charge < -0.3 is 19.0 Å². The maximum atomic E-state index is 12.6. The lowest BCUT2D eigenvalue weighted by atomic mass is 10.2. The predicted molar refractivity (Wildman–Crippen MR) is 72.2 cm³/mol. The van der Waals surface area contributed by atoms with Gasteiger partial charge in [0.1, 0.15) is 11.4 Å². The molecule has 1 N–H and O–H groups in total. The molecular weight excluding hydrogens is 260 g/mol. The van der Waals surface area contributed by atoms with Crippen molar-refractivity contribution in [1.29, 1.82) is 0 Å². The van der Waals surface area contributed by atoms with E-state index in [-0.39, 0.29) is 12.2 Å². The highest BCUT2D eigenvalue weighted by Gasteiger charge is 2.23. The first-order chi connectivity index (χ1) is 9.45. The van der Waals surface area contributed by atoms with Crippen LogP contribution in [0.5, 0.6) is 5.75 Å². The van der Waals surface area contributed by atoms with Crippen LogP contribution in [0.3, 0.4) is 0 Å². The second kappa shape index (κ2) is 5.24. The zero-order valence-electron chi connectivity index (χ0n) is 11.6. The highest BCUT2D eigenvalue weighted by molar-refractivity contribution is 6.09. The number of carbonyl (C=O) groups is 2. The fraction of sp³-hybridized carbons (Fsp3) is 0.286. The van der Waals surface area contributed by atoms with Gasteiger partial charge in [0.2, 0.25) is 5.78 Å². The quantitative estimate of drug-likeness (QED) is 0.834. The summed E-state index contributed by atoms with van der Waals surface area (Å²) in [4.78, 5) is 23.4. The third-order valence-corrected chi connectivity index (χ3v) is 3.24. The number of nitrogens with zero attached hydrogens (tertiary/aromatic N) is 2. The molecule has 0 saturated carbocycles. The van der Waals surface area contributed by atoms with Gasteiger partial charge in [-0.05, 0) is 12.1 Å². The van der Waals surface area contributed by atoms with Gasteiger partial charge in [0.15, 0.2) is 0 Å². The van der Waals surface area contributed by atoms with Gasteiger partial charge in [-0.25, -0.2) is 0 Å². The zero-order chi connectivity index (χ0) is 14.9. The van der Waals surface area contributed by atoms with Gasteiger partial charge in [0.05, 0.1) is 19.2 Å². The maximum Gasteiger partial charge on any atom is 0.309 e. The predicted octanol–water partition coefficient (Wildman–Crippen LogP) is 1.23. The Morgan fingerprint density at radius 1 is 1.35 bits per heavy atom. The van der Waals surface area contributed by atoms with Gasteiger partial charge in [-0.15, -0.1) is 0 Å². The van der Waals surface area contributed by atoms with Crippen LogP contribution in [0.2, 0.25) is 0 Å². The monoisotopic (exact) mass is 276 g/mol. The number of carboxylic acids is 1. The number of methoxy groups -OCH3 is 1. The molecule has 6 heteroatoms. The smallest absolute Gasteiger partial charge is 0.309 e. The number of carboxylic acid groups (broad SMARTS) is 1. The molecule has 2 aromatic heterocycles. The summed E-state index contributed by atoms with van der Waals surface area (Å²) >= 11 is 0. The largest absolute Gasteiger partial charge is 0.494 e. The molecule has 0 aliphatic rings. The number of carbonyl (C=O) groups excluding carboxylic acids is 1. The van der Waals surface area contributed by atoms with E-state index in [9.17, 15) is 9.59 Å². The van der Waals surface area contributed by atoms with Crippen LogP contribution < -0.4 is 4.74 Å². The molecule has 0 aliphatic heterocycles. The van der Waals surface area contributed by atoms with Crippen LogP contribution in [-0.2, 0) is 25.3 Å². The number of hydrogen-bond donors (Lipinski definition) is 1. The van der Waals surface area contributed by atoms with Gasteiger partial charge in [-0.1, -0.05) is 0 Å². The lowest BCUT2D eigenvalue weighted by Crippen LogP contribution is -2.14. The topological polar surface area (TPSA) is 73.5 Å². The molecule has 0 spiro atoms. The molecule has 0 saturated heterocycles. The summed E-state index contributed by atoms with van der Waals surface area (Å²) in [5, 5.41) is 8.89. The van der Waals surface area contributed by atoms with Crippen LogP contribution in [0.25, 0.3) is 0 Å². The van der Waals surface area contributed by atoms with Crippen LogP contribution in [0.4, 0.5) is 0 Å². The van der Waals surface area contributed by atoms with E-state index < -0.39 is 5.97 Å². The summed E-state index contributed by atoms with van der Waals surface area (Å²) in [6, 6.07) is 5.08. The Kier molecular flexibility index (Phi) is 3.65. The number of aromatic nitrogens is 2. The molecule has 0 atom stereocenters. The number of ketones is 1. The van der Waals surface area contributed by atoms with Crippen LogP contribution in [-0.4, -0.2) is 33.1 Å². The van der Waals surface area contributed by atoms with E-state index in [0.717, 1.165) is 0 Å². The second-order valence-corrected chi connectivity index (χ2v) is 4.52. The van der Waals surface area contributed by atoms with Gasteiger partial charge in [-0.3, -0.25) is 9.59 Å². The van der Waals surface area contributed by atoms with Crippen molar-refractivity contribution in [3.8, 4) is 5.75 Å². The Labute approximate surface area is 116 Å². The van der Waals surface area contributed by atoms with Crippen molar-refractivity contribution in [2.45, 2.75) is 6.42 Å². The van der Waals surface area contributed by atoms with E-state index >= 15 is 0 Å². The Morgan fingerprint density at radius 3 is 2.55 bits per heavy atom. The van der Waals surface area contributed by atoms with Crippen molar-refractivity contribution in [2.24, 2.45) is 14.1 Å². The molecular formula is C14H16N2O4. The molecule has 2 rings (SSSR count). The molecule has 0 aliphatic carbocycles. The first kappa shape index (κ1) is 13.9. The van der Waals surface area contributed by atoms with E-state index in [2.05, 4.69) is 0 Å². The van der Waals surface area contributed by atoms with Gasteiger partial charge in [-0.2, -0.15) is 0 Å². The Balaban J connectivity index is 2.50. The van der Waals surface area contributed by atoms with Crippen LogP contribution >= 0.6 is 0 Å². The fourth-order valence-electron chi connectivity index (χ4n) is 2.19. The minimum atomic E-state index is -0.953. The van der Waals surface area contributed by atoms with E-state index in [4.69, 9.17) is 9.84 Å². The second-order valence-electron chi connectivity index (χ2n) is 4.52. The van der Waals surface area contributed by atoms with Crippen molar-refractivity contribution in [1.82, 2.24) is 9.13 Å². The van der Waals surface area contributed by atoms with Crippen molar-refractivity contribution in [3.63, 3.8) is 0 Å². The zero-order valence-corrected chi connectivity index (χ0v) is 11.6. The highest BCUT2D eigenvalue weighted by Crippen LogP contribution is 2.26. The number of ether oxygens (including phenoxy) is 1. The van der Waals surface area contributed by atoms with E-state index in [1.54, 1.807) is 47.6 Å². The molecule has 0 aromatic carbocycles. The minimum Gasteiger partial charge on any atom is -0.494 e. The lowest BCUT2D eigenvalue weighted by molar-refractivity contribution is -0.136. The Morgan fingerprint density at radius 2 is 2.05 bits per heavy atom. The van der Waals surface area contributed by atoms with Gasteiger partial charge >= 0.3 is 5.97 Å². The SMILES string of the molecule is COc1cc(CC(=O)O)n(C)c1C(=O)c1cccn1C. The third-order valence-electron chi connectivity index (χ3n) is 3.24. The minimum absolute atomic E-state index is 0.159. The molecule has 0 unspecified atom stereocenters. The molecule has 2 aromatic rings. The molecule has 0 bridgehead atoms. The Hall–Kier alpha value is -2.50. The van der Waals surface area contributed by atoms with Gasteiger partial charge in [0, 0.05) is 32.1 Å². The number of aryl methyl sites for hydroxylation is 1. The van der Waals surface area contributed by atoms with Crippen molar-refractivity contribution < 1.29 is 19.4 Å². The molecule has 0 fully saturated rings. The summed E-state index contributed by atoms with van der Waals surface area (Å²) in [6.07, 6.45) is 1.62. The van der Waals surface area contributed by atoms with Crippen molar-refractivity contribution >= 4 is 11.8 Å². The average molecular weight is 276 g/mol. The summed E-state index contributed by atoms with van der Waals surface area (Å²) in [5.41, 5.74) is 1.39. The molecule has 20 heavy (non-hydrogen) atoms. The molecule has 106 valence electrons. The van der Waals surface area contributed by atoms with Gasteiger partial charge in [0.25, 0.3) is 0 Å². The Bertz CT molecular complexity index is 667. The van der Waals surface area contributed by atoms with Crippen molar-refractivity contribution in [2.75, 3.05) is 7.11 Å². The summed E-state index contributed by atoms with van der Waals surface area (Å²) in [6.45, 7) is 0. The first-order valence-electron chi connectivity index (χ1n) is 6.06. The van der Waals surface area contributed by atoms with E-state index in [1.807, 2.05) is 0 Å². The van der Waals surface area contributed by atoms with Crippen LogP contribution in [0.1, 0.15) is 21.9 Å². The molecule has 2 heterocycles. The van der Waals surface area contributed by atoms with Crippen LogP contribution in [0, 0.1) is 0 Å². The molecule has 6 nitrogen and oxygen atoms in total. The van der Waals surface area contributed by atoms with E-state index in [0.29, 0.717) is 22.8 Å². The number of hydrogen-bond acceptors (Lipinski definition) is 3. The standard InChI is InChI=1S/C14H16N2O4/c1-15-6-4-5-10(15)14(19)13-11(20-3)7-9(16(13)2)8-12(17)18/h4-7H,8H2,1-3H3,(H,17,18). The summed E-state index contributed by atoms with van der Waals surface area (Å²) in [5.74, 6) is -0.769. The first-order valence-corrected chi connectivity index (χ1v) is 6.06. The molecule has 0 amide bonds. The fourth-order valence-corrected chi connectivity index (χ4v) is 2.19. The number of aliphatic carboxylic acids is 1. The summed E-state index contributed by atoms with van der Waals surface area (Å²) < 4.78 is 8.49. The van der Waals surface area contributed by atoms with Crippen LogP contribution in [0.15, 0.2) is 24.4 Å². The van der Waals surface area contributed by atoms with Crippen molar-refractivity contribution in [3.05, 3.63) is 41.5 Å². The normalized spacial score (nSPS) is 10.6. The van der Waals surface area contributed by atoms with E-state index in [1.165, 1.54) is 7.11 Å². The molecule has 0 radical (unpaired) electrons. The third kappa shape index (κ3) is 2.32. The lowest BCUT2D eigenvalue weighted by Gasteiger charge is -2.08. The average Bonchev–Trinajstić information content (AvgIpc) is 2.93.